The molecule has 0 spiro atoms. The maximum atomic E-state index is 8.58. The number of aliphatic hydroxyl groups is 2. The Bertz CT molecular complexity index is 100. The predicted molar refractivity (Wildman–Crippen MR) is 43.1 cm³/mol. The van der Waals surface area contributed by atoms with Gasteiger partial charge >= 0.3 is 0 Å². The summed E-state index contributed by atoms with van der Waals surface area (Å²) in [6.45, 7) is 0.310. The molecule has 1 fully saturated rings. The summed E-state index contributed by atoms with van der Waals surface area (Å²) in [6.07, 6.45) is 5.06. The molecule has 66 valence electrons. The average Bonchev–Trinajstić information content (AvgIpc) is 2.03. The van der Waals surface area contributed by atoms with E-state index in [1.807, 2.05) is 0 Å². The summed E-state index contributed by atoms with van der Waals surface area (Å²) in [7, 11) is 0. The molecule has 0 radical (unpaired) electrons. The van der Waals surface area contributed by atoms with E-state index in [-0.39, 0.29) is 0 Å². The third-order valence-corrected chi connectivity index (χ3v) is 2.19. The van der Waals surface area contributed by atoms with E-state index in [0.717, 1.165) is 0 Å². The van der Waals surface area contributed by atoms with Crippen LogP contribution >= 0.6 is 0 Å². The van der Waals surface area contributed by atoms with Crippen LogP contribution in [0.2, 0.25) is 0 Å². The molecule has 0 amide bonds. The number of nitrogens with one attached hydrogen (secondary N) is 1. The minimum atomic E-state index is -1.20. The third-order valence-electron chi connectivity index (χ3n) is 2.19. The highest BCUT2D eigenvalue weighted by molar-refractivity contribution is 4.71. The Hall–Kier alpha value is -0.120. The molecule has 0 atom stereocenters. The van der Waals surface area contributed by atoms with E-state index in [9.17, 15) is 0 Å². The van der Waals surface area contributed by atoms with Gasteiger partial charge in [-0.1, -0.05) is 19.3 Å². The van der Waals surface area contributed by atoms with E-state index < -0.39 is 6.29 Å². The molecule has 3 heteroatoms. The van der Waals surface area contributed by atoms with Crippen LogP contribution < -0.4 is 5.32 Å². The summed E-state index contributed by atoms with van der Waals surface area (Å²) in [4.78, 5) is 0. The van der Waals surface area contributed by atoms with E-state index in [1.165, 1.54) is 32.1 Å². The second kappa shape index (κ2) is 4.70. The first-order valence-corrected chi connectivity index (χ1v) is 4.38. The maximum Gasteiger partial charge on any atom is 0.164 e. The fraction of sp³-hybridized carbons (Fsp3) is 1.00. The van der Waals surface area contributed by atoms with Crippen LogP contribution in [0.5, 0.6) is 0 Å². The van der Waals surface area contributed by atoms with Gasteiger partial charge < -0.3 is 15.5 Å². The topological polar surface area (TPSA) is 52.5 Å². The number of hydrogen-bond donors (Lipinski definition) is 3. The van der Waals surface area contributed by atoms with Crippen molar-refractivity contribution in [2.45, 2.75) is 44.4 Å². The molecule has 1 aliphatic carbocycles. The molecule has 0 bridgehead atoms. The van der Waals surface area contributed by atoms with Gasteiger partial charge in [-0.15, -0.1) is 0 Å². The van der Waals surface area contributed by atoms with E-state index in [4.69, 9.17) is 10.2 Å². The van der Waals surface area contributed by atoms with E-state index in [0.29, 0.717) is 12.6 Å². The van der Waals surface area contributed by atoms with E-state index >= 15 is 0 Å². The lowest BCUT2D eigenvalue weighted by atomic mass is 9.95. The second-order valence-corrected chi connectivity index (χ2v) is 3.22. The minimum Gasteiger partial charge on any atom is -0.367 e. The van der Waals surface area contributed by atoms with Crippen molar-refractivity contribution in [3.63, 3.8) is 0 Å². The second-order valence-electron chi connectivity index (χ2n) is 3.22. The third kappa shape index (κ3) is 3.70. The molecule has 0 aromatic rings. The first-order valence-electron chi connectivity index (χ1n) is 4.38. The number of hydrogen-bond acceptors (Lipinski definition) is 3. The number of aliphatic hydroxyl groups excluding tert-OH is 1. The van der Waals surface area contributed by atoms with Gasteiger partial charge in [0.05, 0.1) is 0 Å². The van der Waals surface area contributed by atoms with Gasteiger partial charge in [-0.2, -0.15) is 0 Å². The van der Waals surface area contributed by atoms with Gasteiger partial charge in [0.1, 0.15) is 0 Å². The average molecular weight is 159 g/mol. The van der Waals surface area contributed by atoms with Gasteiger partial charge in [-0.05, 0) is 12.8 Å². The highest BCUT2D eigenvalue weighted by atomic mass is 16.5. The Balaban J connectivity index is 2.05. The molecule has 1 rings (SSSR count). The molecule has 1 aliphatic rings. The fourth-order valence-corrected chi connectivity index (χ4v) is 1.58. The Morgan fingerprint density at radius 1 is 1.18 bits per heavy atom. The standard InChI is InChI=1S/C8H17NO2/c10-8(11)6-9-7-4-2-1-3-5-7/h7-11H,1-6H2. The molecular weight excluding hydrogens is 142 g/mol. The van der Waals surface area contributed by atoms with Crippen molar-refractivity contribution in [2.24, 2.45) is 0 Å². The summed E-state index contributed by atoms with van der Waals surface area (Å²) in [6, 6.07) is 0.519. The zero-order chi connectivity index (χ0) is 8.10. The van der Waals surface area contributed by atoms with Crippen LogP contribution in [0.4, 0.5) is 0 Å². The largest absolute Gasteiger partial charge is 0.367 e. The monoisotopic (exact) mass is 159 g/mol. The molecule has 3 N–H and O–H groups in total. The molecule has 0 aromatic carbocycles. The fourth-order valence-electron chi connectivity index (χ4n) is 1.58. The zero-order valence-electron chi connectivity index (χ0n) is 6.79. The van der Waals surface area contributed by atoms with Gasteiger partial charge in [0.25, 0.3) is 0 Å². The first-order chi connectivity index (χ1) is 5.29. The highest BCUT2D eigenvalue weighted by Crippen LogP contribution is 2.16. The molecule has 0 unspecified atom stereocenters. The Morgan fingerprint density at radius 3 is 2.36 bits per heavy atom. The Kier molecular flexibility index (Phi) is 3.83. The van der Waals surface area contributed by atoms with Crippen LogP contribution in [-0.4, -0.2) is 29.1 Å². The molecule has 11 heavy (non-hydrogen) atoms. The lowest BCUT2D eigenvalue weighted by Gasteiger charge is -2.23. The van der Waals surface area contributed by atoms with Gasteiger partial charge in [0, 0.05) is 12.6 Å². The Morgan fingerprint density at radius 2 is 1.82 bits per heavy atom. The van der Waals surface area contributed by atoms with Crippen molar-refractivity contribution in [3.05, 3.63) is 0 Å². The minimum absolute atomic E-state index is 0.310. The van der Waals surface area contributed by atoms with Crippen LogP contribution in [0.15, 0.2) is 0 Å². The van der Waals surface area contributed by atoms with Crippen LogP contribution in [0.1, 0.15) is 32.1 Å². The molecule has 0 saturated heterocycles. The maximum absolute atomic E-state index is 8.58. The van der Waals surface area contributed by atoms with Crippen LogP contribution in [0.3, 0.4) is 0 Å². The molecule has 1 saturated carbocycles. The first kappa shape index (κ1) is 8.97. The SMILES string of the molecule is OC(O)CNC1CCCCC1. The van der Waals surface area contributed by atoms with Crippen LogP contribution in [0, 0.1) is 0 Å². The van der Waals surface area contributed by atoms with Crippen molar-refractivity contribution < 1.29 is 10.2 Å². The van der Waals surface area contributed by atoms with Crippen molar-refractivity contribution in [1.82, 2.24) is 5.32 Å². The lowest BCUT2D eigenvalue weighted by Crippen LogP contribution is -2.36. The molecular formula is C8H17NO2. The quantitative estimate of drug-likeness (QED) is 0.516. The lowest BCUT2D eigenvalue weighted by molar-refractivity contribution is -0.0394. The summed E-state index contributed by atoms with van der Waals surface area (Å²) >= 11 is 0. The summed E-state index contributed by atoms with van der Waals surface area (Å²) in [5.41, 5.74) is 0. The predicted octanol–water partition coefficient (Wildman–Crippen LogP) is 0.219. The summed E-state index contributed by atoms with van der Waals surface area (Å²) in [5, 5.41) is 20.3. The molecule has 0 heterocycles. The van der Waals surface area contributed by atoms with Crippen LogP contribution in [0.25, 0.3) is 0 Å². The molecule has 0 aliphatic heterocycles. The highest BCUT2D eigenvalue weighted by Gasteiger charge is 2.12. The van der Waals surface area contributed by atoms with Crippen molar-refractivity contribution >= 4 is 0 Å². The van der Waals surface area contributed by atoms with Gasteiger partial charge in [-0.3, -0.25) is 0 Å². The van der Waals surface area contributed by atoms with Gasteiger partial charge in [-0.25, -0.2) is 0 Å². The van der Waals surface area contributed by atoms with Gasteiger partial charge in [0.15, 0.2) is 6.29 Å². The Labute approximate surface area is 67.4 Å². The molecule has 0 aromatic heterocycles. The smallest absolute Gasteiger partial charge is 0.164 e. The summed E-state index contributed by atoms with van der Waals surface area (Å²) < 4.78 is 0. The van der Waals surface area contributed by atoms with Crippen molar-refractivity contribution in [3.8, 4) is 0 Å². The normalized spacial score (nSPS) is 21.0. The van der Waals surface area contributed by atoms with Gasteiger partial charge in [0.2, 0.25) is 0 Å². The van der Waals surface area contributed by atoms with Crippen LogP contribution in [-0.2, 0) is 0 Å². The van der Waals surface area contributed by atoms with E-state index in [1.54, 1.807) is 0 Å². The molecule has 3 nitrogen and oxygen atoms in total. The van der Waals surface area contributed by atoms with Crippen molar-refractivity contribution in [2.75, 3.05) is 6.54 Å². The number of rotatable bonds is 3. The zero-order valence-corrected chi connectivity index (χ0v) is 6.79. The summed E-state index contributed by atoms with van der Waals surface area (Å²) in [5.74, 6) is 0. The van der Waals surface area contributed by atoms with E-state index in [2.05, 4.69) is 5.32 Å². The van der Waals surface area contributed by atoms with Crippen molar-refractivity contribution in [1.29, 1.82) is 0 Å².